The Morgan fingerprint density at radius 1 is 0.500 bits per heavy atom. The molecule has 0 aromatic carbocycles. The molecule has 0 aromatic heterocycles. The highest BCUT2D eigenvalue weighted by atomic mass is 17.4. The SMILES string of the molecule is CCCCCCC1(CC)OOC(CC)(CCCCCC)OO1. The van der Waals surface area contributed by atoms with E-state index in [-0.39, 0.29) is 0 Å². The zero-order valence-electron chi connectivity index (χ0n) is 15.1. The van der Waals surface area contributed by atoms with Crippen LogP contribution in [0.2, 0.25) is 0 Å². The second-order valence-corrected chi connectivity index (χ2v) is 6.48. The number of hydrogen-bond donors (Lipinski definition) is 0. The molecule has 1 aliphatic heterocycles. The molecule has 0 bridgehead atoms. The van der Waals surface area contributed by atoms with E-state index < -0.39 is 11.6 Å². The van der Waals surface area contributed by atoms with Crippen molar-refractivity contribution in [2.75, 3.05) is 0 Å². The standard InChI is InChI=1S/C18H36O4/c1-5-9-11-13-15-17(7-3)19-21-18(8-4,22-20-17)16-14-12-10-6-2/h5-16H2,1-4H3. The van der Waals surface area contributed by atoms with Crippen LogP contribution in [0.5, 0.6) is 0 Å². The van der Waals surface area contributed by atoms with Crippen molar-refractivity contribution in [3.8, 4) is 0 Å². The molecule has 132 valence electrons. The second-order valence-electron chi connectivity index (χ2n) is 6.48. The van der Waals surface area contributed by atoms with Crippen LogP contribution in [0.1, 0.15) is 105 Å². The van der Waals surface area contributed by atoms with Crippen LogP contribution in [0.3, 0.4) is 0 Å². The summed E-state index contributed by atoms with van der Waals surface area (Å²) in [4.78, 5) is 22.8. The fraction of sp³-hybridized carbons (Fsp3) is 1.00. The van der Waals surface area contributed by atoms with Crippen molar-refractivity contribution >= 4 is 0 Å². The molecule has 0 N–H and O–H groups in total. The van der Waals surface area contributed by atoms with Gasteiger partial charge in [0.25, 0.3) is 0 Å². The first kappa shape index (κ1) is 19.9. The predicted octanol–water partition coefficient (Wildman–Crippen LogP) is 6.05. The van der Waals surface area contributed by atoms with Gasteiger partial charge in [0.15, 0.2) is 0 Å². The summed E-state index contributed by atoms with van der Waals surface area (Å²) < 4.78 is 0. The van der Waals surface area contributed by atoms with E-state index in [2.05, 4.69) is 13.8 Å². The van der Waals surface area contributed by atoms with Gasteiger partial charge in [-0.2, -0.15) is 19.6 Å². The minimum Gasteiger partial charge on any atom is -0.195 e. The van der Waals surface area contributed by atoms with Crippen molar-refractivity contribution in [3.63, 3.8) is 0 Å². The smallest absolute Gasteiger partial charge is 0.195 e. The van der Waals surface area contributed by atoms with Gasteiger partial charge in [-0.05, 0) is 12.8 Å². The van der Waals surface area contributed by atoms with Crippen molar-refractivity contribution < 1.29 is 19.6 Å². The molecule has 0 saturated carbocycles. The first-order valence-electron chi connectivity index (χ1n) is 9.39. The molecule has 0 unspecified atom stereocenters. The first-order chi connectivity index (χ1) is 10.7. The summed E-state index contributed by atoms with van der Waals surface area (Å²) in [5, 5.41) is 0. The number of hydrogen-bond acceptors (Lipinski definition) is 4. The maximum atomic E-state index is 5.71. The van der Waals surface area contributed by atoms with Crippen LogP contribution in [0, 0.1) is 0 Å². The van der Waals surface area contributed by atoms with Crippen LogP contribution in [-0.4, -0.2) is 11.6 Å². The molecule has 0 amide bonds. The molecule has 1 rings (SSSR count). The maximum Gasteiger partial charge on any atom is 0.234 e. The lowest BCUT2D eigenvalue weighted by Crippen LogP contribution is -2.50. The molecule has 22 heavy (non-hydrogen) atoms. The normalized spacial score (nSPS) is 28.9. The molecule has 1 fully saturated rings. The van der Waals surface area contributed by atoms with Gasteiger partial charge in [0, 0.05) is 25.7 Å². The van der Waals surface area contributed by atoms with E-state index in [0.29, 0.717) is 0 Å². The zero-order chi connectivity index (χ0) is 16.3. The predicted molar refractivity (Wildman–Crippen MR) is 87.9 cm³/mol. The summed E-state index contributed by atoms with van der Waals surface area (Å²) in [7, 11) is 0. The third kappa shape index (κ3) is 6.15. The van der Waals surface area contributed by atoms with Crippen LogP contribution in [-0.2, 0) is 19.6 Å². The highest BCUT2D eigenvalue weighted by Crippen LogP contribution is 2.38. The van der Waals surface area contributed by atoms with Gasteiger partial charge in [-0.15, -0.1) is 0 Å². The molecule has 1 heterocycles. The van der Waals surface area contributed by atoms with Crippen LogP contribution >= 0.6 is 0 Å². The van der Waals surface area contributed by atoms with Gasteiger partial charge in [0.2, 0.25) is 11.6 Å². The summed E-state index contributed by atoms with van der Waals surface area (Å²) >= 11 is 0. The van der Waals surface area contributed by atoms with E-state index in [1.165, 1.54) is 38.5 Å². The van der Waals surface area contributed by atoms with E-state index in [4.69, 9.17) is 19.6 Å². The largest absolute Gasteiger partial charge is 0.234 e. The van der Waals surface area contributed by atoms with Gasteiger partial charge in [0.05, 0.1) is 0 Å². The summed E-state index contributed by atoms with van der Waals surface area (Å²) in [6, 6.07) is 0. The van der Waals surface area contributed by atoms with E-state index >= 15 is 0 Å². The fourth-order valence-corrected chi connectivity index (χ4v) is 2.73. The van der Waals surface area contributed by atoms with E-state index in [0.717, 1.165) is 38.5 Å². The molecule has 4 heteroatoms. The monoisotopic (exact) mass is 316 g/mol. The summed E-state index contributed by atoms with van der Waals surface area (Å²) in [5.74, 6) is -1.45. The van der Waals surface area contributed by atoms with E-state index in [9.17, 15) is 0 Å². The Bertz CT molecular complexity index is 244. The lowest BCUT2D eigenvalue weighted by atomic mass is 10.0. The van der Waals surface area contributed by atoms with Crippen molar-refractivity contribution in [2.24, 2.45) is 0 Å². The van der Waals surface area contributed by atoms with Crippen molar-refractivity contribution in [3.05, 3.63) is 0 Å². The Hall–Kier alpha value is -0.160. The number of rotatable bonds is 12. The van der Waals surface area contributed by atoms with Crippen molar-refractivity contribution in [1.82, 2.24) is 0 Å². The first-order valence-corrected chi connectivity index (χ1v) is 9.39. The fourth-order valence-electron chi connectivity index (χ4n) is 2.73. The molecule has 1 aliphatic rings. The Labute approximate surface area is 136 Å². The quantitative estimate of drug-likeness (QED) is 0.324. The highest BCUT2D eigenvalue weighted by Gasteiger charge is 2.46. The third-order valence-corrected chi connectivity index (χ3v) is 4.59. The highest BCUT2D eigenvalue weighted by molar-refractivity contribution is 4.72. The zero-order valence-corrected chi connectivity index (χ0v) is 15.1. The average Bonchev–Trinajstić information content (AvgIpc) is 2.57. The van der Waals surface area contributed by atoms with Gasteiger partial charge in [-0.25, -0.2) is 0 Å². The molecular formula is C18H36O4. The summed E-state index contributed by atoms with van der Waals surface area (Å²) in [5.41, 5.74) is 0. The van der Waals surface area contributed by atoms with E-state index in [1.54, 1.807) is 0 Å². The minimum atomic E-state index is -0.726. The molecular weight excluding hydrogens is 280 g/mol. The van der Waals surface area contributed by atoms with Crippen LogP contribution in [0.25, 0.3) is 0 Å². The molecule has 0 aromatic rings. The minimum absolute atomic E-state index is 0.726. The van der Waals surface area contributed by atoms with Crippen LogP contribution in [0.15, 0.2) is 0 Å². The average molecular weight is 316 g/mol. The molecule has 0 aliphatic carbocycles. The number of unbranched alkanes of at least 4 members (excludes halogenated alkanes) is 6. The Morgan fingerprint density at radius 2 is 0.864 bits per heavy atom. The van der Waals surface area contributed by atoms with Crippen molar-refractivity contribution in [1.29, 1.82) is 0 Å². The van der Waals surface area contributed by atoms with Crippen LogP contribution in [0.4, 0.5) is 0 Å². The third-order valence-electron chi connectivity index (χ3n) is 4.59. The van der Waals surface area contributed by atoms with Gasteiger partial charge in [-0.3, -0.25) is 0 Å². The van der Waals surface area contributed by atoms with Gasteiger partial charge in [-0.1, -0.05) is 66.2 Å². The summed E-state index contributed by atoms with van der Waals surface area (Å²) in [6.45, 7) is 8.52. The lowest BCUT2D eigenvalue weighted by Gasteiger charge is -2.42. The van der Waals surface area contributed by atoms with Crippen LogP contribution < -0.4 is 0 Å². The Kier molecular flexibility index (Phi) is 9.57. The molecule has 0 radical (unpaired) electrons. The maximum absolute atomic E-state index is 5.71. The van der Waals surface area contributed by atoms with Gasteiger partial charge < -0.3 is 0 Å². The Morgan fingerprint density at radius 3 is 1.14 bits per heavy atom. The molecule has 0 atom stereocenters. The summed E-state index contributed by atoms with van der Waals surface area (Å²) in [6.07, 6.45) is 12.6. The van der Waals surface area contributed by atoms with Gasteiger partial charge in [0.1, 0.15) is 0 Å². The van der Waals surface area contributed by atoms with Gasteiger partial charge >= 0.3 is 0 Å². The molecule has 1 saturated heterocycles. The molecule has 4 nitrogen and oxygen atoms in total. The Balaban J connectivity index is 2.42. The lowest BCUT2D eigenvalue weighted by molar-refractivity contribution is -0.659. The topological polar surface area (TPSA) is 36.9 Å². The second kappa shape index (κ2) is 10.6. The van der Waals surface area contributed by atoms with Crippen molar-refractivity contribution in [2.45, 2.75) is 116 Å². The molecule has 0 spiro atoms. The van der Waals surface area contributed by atoms with E-state index in [1.807, 2.05) is 13.8 Å².